The highest BCUT2D eigenvalue weighted by atomic mass is 35.5. The number of hydrogen-bond donors (Lipinski definition) is 2. The summed E-state index contributed by atoms with van der Waals surface area (Å²) in [7, 11) is -2.24. The molecule has 0 aliphatic rings. The Morgan fingerprint density at radius 2 is 1.83 bits per heavy atom. The fourth-order valence-corrected chi connectivity index (χ4v) is 3.85. The molecule has 0 heterocycles. The average Bonchev–Trinajstić information content (AvgIpc) is 2.67. The Morgan fingerprint density at radius 1 is 1.14 bits per heavy atom. The van der Waals surface area contributed by atoms with E-state index in [0.29, 0.717) is 5.02 Å². The summed E-state index contributed by atoms with van der Waals surface area (Å²) in [6.45, 7) is 1.96. The predicted octanol–water partition coefficient (Wildman–Crippen LogP) is 3.17. The molecule has 7 nitrogen and oxygen atoms in total. The molecule has 2 rings (SSSR count). The first-order valence-electron chi connectivity index (χ1n) is 8.68. The quantitative estimate of drug-likeness (QED) is 0.531. The fraction of sp³-hybridized carbons (Fsp3) is 0.316. The largest absolute Gasteiger partial charge is 0.482 e. The molecule has 0 fully saturated rings. The molecular weight excluding hydrogens is 439 g/mol. The first-order valence-corrected chi connectivity index (χ1v) is 10.9. The molecule has 10 heteroatoms. The van der Waals surface area contributed by atoms with E-state index in [9.17, 15) is 13.2 Å². The molecule has 0 spiro atoms. The maximum absolute atomic E-state index is 12.2. The van der Waals surface area contributed by atoms with Crippen molar-refractivity contribution in [3.8, 4) is 5.75 Å². The third kappa shape index (κ3) is 7.17. The van der Waals surface area contributed by atoms with E-state index in [0.717, 1.165) is 5.56 Å². The minimum Gasteiger partial charge on any atom is -0.482 e. The molecule has 2 aromatic carbocycles. The lowest BCUT2D eigenvalue weighted by Crippen LogP contribution is -2.31. The van der Waals surface area contributed by atoms with Gasteiger partial charge in [-0.15, -0.1) is 0 Å². The Labute approximate surface area is 180 Å². The van der Waals surface area contributed by atoms with Gasteiger partial charge in [0, 0.05) is 18.7 Å². The standard InChI is InChI=1S/C19H22Cl2N2O5S/c1-13(14-3-5-15(20)6-4-14)23-19(24)12-28-18-8-7-16(11-17(18)21)29(25,26)22-9-10-27-2/h3-8,11,13,22H,9-10,12H2,1-2H3,(H,23,24)/t13-/m0/s1. The van der Waals surface area contributed by atoms with Gasteiger partial charge in [-0.3, -0.25) is 4.79 Å². The van der Waals surface area contributed by atoms with Crippen LogP contribution in [0.15, 0.2) is 47.4 Å². The third-order valence-electron chi connectivity index (χ3n) is 3.92. The van der Waals surface area contributed by atoms with Crippen LogP contribution in [-0.2, 0) is 19.6 Å². The molecule has 1 amide bonds. The van der Waals surface area contributed by atoms with Crippen molar-refractivity contribution in [2.75, 3.05) is 26.9 Å². The minimum absolute atomic E-state index is 0.00762. The zero-order valence-corrected chi connectivity index (χ0v) is 18.3. The number of halogens is 2. The first-order chi connectivity index (χ1) is 13.7. The number of amides is 1. The Balaban J connectivity index is 1.93. The number of methoxy groups -OCH3 is 1. The molecule has 29 heavy (non-hydrogen) atoms. The van der Waals surface area contributed by atoms with E-state index in [2.05, 4.69) is 10.0 Å². The third-order valence-corrected chi connectivity index (χ3v) is 5.92. The van der Waals surface area contributed by atoms with Crippen LogP contribution in [0.5, 0.6) is 5.75 Å². The lowest BCUT2D eigenvalue weighted by molar-refractivity contribution is -0.123. The van der Waals surface area contributed by atoms with E-state index < -0.39 is 10.0 Å². The van der Waals surface area contributed by atoms with Crippen LogP contribution in [0.2, 0.25) is 10.0 Å². The van der Waals surface area contributed by atoms with E-state index in [1.54, 1.807) is 12.1 Å². The van der Waals surface area contributed by atoms with Gasteiger partial charge in [0.1, 0.15) is 5.75 Å². The van der Waals surface area contributed by atoms with Crippen molar-refractivity contribution < 1.29 is 22.7 Å². The lowest BCUT2D eigenvalue weighted by Gasteiger charge is -2.15. The molecule has 2 N–H and O–H groups in total. The molecule has 0 saturated heterocycles. The molecule has 0 aliphatic carbocycles. The van der Waals surface area contributed by atoms with Gasteiger partial charge in [-0.2, -0.15) is 0 Å². The van der Waals surface area contributed by atoms with Gasteiger partial charge in [-0.25, -0.2) is 13.1 Å². The van der Waals surface area contributed by atoms with Gasteiger partial charge >= 0.3 is 0 Å². The number of benzene rings is 2. The number of hydrogen-bond acceptors (Lipinski definition) is 5. The van der Waals surface area contributed by atoms with Gasteiger partial charge < -0.3 is 14.8 Å². The smallest absolute Gasteiger partial charge is 0.258 e. The summed E-state index contributed by atoms with van der Waals surface area (Å²) in [4.78, 5) is 12.1. The number of rotatable bonds is 10. The van der Waals surface area contributed by atoms with Crippen LogP contribution < -0.4 is 14.8 Å². The summed E-state index contributed by atoms with van der Waals surface area (Å²) in [6.07, 6.45) is 0. The summed E-state index contributed by atoms with van der Waals surface area (Å²) in [5.41, 5.74) is 0.899. The van der Waals surface area contributed by atoms with Crippen LogP contribution in [0, 0.1) is 0 Å². The summed E-state index contributed by atoms with van der Waals surface area (Å²) in [6, 6.07) is 10.9. The Kier molecular flexibility index (Phi) is 8.73. The van der Waals surface area contributed by atoms with Gasteiger partial charge in [0.25, 0.3) is 5.91 Å². The van der Waals surface area contributed by atoms with Gasteiger partial charge in [0.15, 0.2) is 6.61 Å². The van der Waals surface area contributed by atoms with Crippen molar-refractivity contribution >= 4 is 39.1 Å². The SMILES string of the molecule is COCCNS(=O)(=O)c1ccc(OCC(=O)N[C@@H](C)c2ccc(Cl)cc2)c(Cl)c1. The molecule has 2 aromatic rings. The van der Waals surface area contributed by atoms with Gasteiger partial charge in [-0.1, -0.05) is 35.3 Å². The summed E-state index contributed by atoms with van der Waals surface area (Å²) >= 11 is 12.0. The highest BCUT2D eigenvalue weighted by Gasteiger charge is 2.16. The van der Waals surface area contributed by atoms with Crippen LogP contribution in [0.4, 0.5) is 0 Å². The number of carbonyl (C=O) groups excluding carboxylic acids is 1. The van der Waals surface area contributed by atoms with Crippen LogP contribution in [0.3, 0.4) is 0 Å². The zero-order valence-electron chi connectivity index (χ0n) is 15.9. The van der Waals surface area contributed by atoms with Crippen molar-refractivity contribution in [2.24, 2.45) is 0 Å². The van der Waals surface area contributed by atoms with E-state index in [4.69, 9.17) is 32.7 Å². The highest BCUT2D eigenvalue weighted by molar-refractivity contribution is 7.89. The van der Waals surface area contributed by atoms with Crippen LogP contribution in [-0.4, -0.2) is 41.2 Å². The van der Waals surface area contributed by atoms with E-state index in [1.165, 1.54) is 25.3 Å². The second kappa shape index (κ2) is 10.8. The lowest BCUT2D eigenvalue weighted by atomic mass is 10.1. The number of carbonyl (C=O) groups is 1. The normalized spacial score (nSPS) is 12.4. The molecule has 0 aromatic heterocycles. The van der Waals surface area contributed by atoms with Crippen molar-refractivity contribution in [1.29, 1.82) is 0 Å². The molecule has 0 radical (unpaired) electrons. The van der Waals surface area contributed by atoms with Crippen LogP contribution >= 0.6 is 23.2 Å². The maximum Gasteiger partial charge on any atom is 0.258 e. The zero-order chi connectivity index (χ0) is 21.4. The topological polar surface area (TPSA) is 93.7 Å². The van der Waals surface area contributed by atoms with Gasteiger partial charge in [-0.05, 0) is 42.8 Å². The van der Waals surface area contributed by atoms with Crippen LogP contribution in [0.25, 0.3) is 0 Å². The highest BCUT2D eigenvalue weighted by Crippen LogP contribution is 2.27. The molecule has 0 aliphatic heterocycles. The van der Waals surface area contributed by atoms with Crippen molar-refractivity contribution in [3.05, 3.63) is 58.1 Å². The second-order valence-electron chi connectivity index (χ2n) is 6.11. The summed E-state index contributed by atoms with van der Waals surface area (Å²) in [5, 5.41) is 3.50. The van der Waals surface area contributed by atoms with Crippen molar-refractivity contribution in [2.45, 2.75) is 17.9 Å². The molecule has 1 atom stereocenters. The van der Waals surface area contributed by atoms with Crippen molar-refractivity contribution in [1.82, 2.24) is 10.0 Å². The number of nitrogens with one attached hydrogen (secondary N) is 2. The van der Waals surface area contributed by atoms with E-state index >= 15 is 0 Å². The number of ether oxygens (including phenoxy) is 2. The van der Waals surface area contributed by atoms with Crippen LogP contribution in [0.1, 0.15) is 18.5 Å². The monoisotopic (exact) mass is 460 g/mol. The second-order valence-corrected chi connectivity index (χ2v) is 8.72. The molecular formula is C19H22Cl2N2O5S. The molecule has 0 saturated carbocycles. The summed E-state index contributed by atoms with van der Waals surface area (Å²) in [5.74, 6) is -0.141. The Bertz CT molecular complexity index is 936. The predicted molar refractivity (Wildman–Crippen MR) is 112 cm³/mol. The molecule has 0 unspecified atom stereocenters. The van der Waals surface area contributed by atoms with Crippen molar-refractivity contribution in [3.63, 3.8) is 0 Å². The van der Waals surface area contributed by atoms with Gasteiger partial charge in [0.2, 0.25) is 10.0 Å². The molecule has 0 bridgehead atoms. The Morgan fingerprint density at radius 3 is 2.45 bits per heavy atom. The Hall–Kier alpha value is -1.84. The van der Waals surface area contributed by atoms with Gasteiger partial charge in [0.05, 0.1) is 22.6 Å². The maximum atomic E-state index is 12.2. The first kappa shape index (κ1) is 23.4. The van der Waals surface area contributed by atoms with E-state index in [1.807, 2.05) is 19.1 Å². The average molecular weight is 461 g/mol. The fourth-order valence-electron chi connectivity index (χ4n) is 2.39. The summed E-state index contributed by atoms with van der Waals surface area (Å²) < 4.78 is 37.0. The minimum atomic E-state index is -3.71. The molecule has 158 valence electrons. The van der Waals surface area contributed by atoms with E-state index in [-0.39, 0.29) is 47.4 Å². The number of sulfonamides is 1.